The average Bonchev–Trinajstić information content (AvgIpc) is 2.33. The van der Waals surface area contributed by atoms with Crippen molar-refractivity contribution in [2.24, 2.45) is 5.73 Å². The molecule has 0 saturated heterocycles. The molecular weight excluding hydrogens is 210 g/mol. The molecular formula is C8H10ClNO2S. The number of hydrogen-bond donors (Lipinski definition) is 2. The zero-order chi connectivity index (χ0) is 9.84. The summed E-state index contributed by atoms with van der Waals surface area (Å²) in [7, 11) is 0. The third-order valence-electron chi connectivity index (χ3n) is 1.53. The van der Waals surface area contributed by atoms with Crippen molar-refractivity contribution in [1.29, 1.82) is 0 Å². The van der Waals surface area contributed by atoms with Crippen LogP contribution >= 0.6 is 22.9 Å². The summed E-state index contributed by atoms with van der Waals surface area (Å²) in [5.41, 5.74) is 5.60. The van der Waals surface area contributed by atoms with Crippen LogP contribution in [0.5, 0.6) is 0 Å². The Labute approximate surface area is 85.1 Å². The molecule has 1 heterocycles. The van der Waals surface area contributed by atoms with E-state index in [0.29, 0.717) is 10.8 Å². The van der Waals surface area contributed by atoms with E-state index in [0.717, 1.165) is 4.88 Å². The topological polar surface area (TPSA) is 63.3 Å². The van der Waals surface area contributed by atoms with Crippen LogP contribution in [0.15, 0.2) is 12.1 Å². The molecule has 3 nitrogen and oxygen atoms in total. The molecule has 0 bridgehead atoms. The number of carboxylic acid groups (broad SMARTS) is 1. The number of halogens is 1. The Bertz CT molecular complexity index is 300. The smallest absolute Gasteiger partial charge is 0.304 e. The summed E-state index contributed by atoms with van der Waals surface area (Å²) in [6.45, 7) is 0. The van der Waals surface area contributed by atoms with E-state index in [1.807, 2.05) is 6.07 Å². The van der Waals surface area contributed by atoms with Crippen LogP contribution in [0.1, 0.15) is 11.3 Å². The van der Waals surface area contributed by atoms with Gasteiger partial charge in [-0.25, -0.2) is 0 Å². The van der Waals surface area contributed by atoms with Crippen molar-refractivity contribution in [2.75, 3.05) is 0 Å². The molecule has 13 heavy (non-hydrogen) atoms. The van der Waals surface area contributed by atoms with E-state index in [1.165, 1.54) is 11.3 Å². The first-order valence-corrected chi connectivity index (χ1v) is 4.99. The summed E-state index contributed by atoms with van der Waals surface area (Å²) in [4.78, 5) is 11.3. The molecule has 5 heteroatoms. The lowest BCUT2D eigenvalue weighted by atomic mass is 10.1. The number of thiophene rings is 1. The second-order valence-electron chi connectivity index (χ2n) is 2.77. The minimum Gasteiger partial charge on any atom is -0.481 e. The summed E-state index contributed by atoms with van der Waals surface area (Å²) in [5, 5.41) is 8.46. The van der Waals surface area contributed by atoms with Gasteiger partial charge in [0, 0.05) is 10.9 Å². The molecule has 0 aromatic carbocycles. The summed E-state index contributed by atoms with van der Waals surface area (Å²) in [6.07, 6.45) is 0.569. The molecule has 0 amide bonds. The zero-order valence-corrected chi connectivity index (χ0v) is 8.44. The lowest BCUT2D eigenvalue weighted by Gasteiger charge is -2.05. The highest BCUT2D eigenvalue weighted by Crippen LogP contribution is 2.22. The van der Waals surface area contributed by atoms with Gasteiger partial charge in [0.1, 0.15) is 0 Å². The van der Waals surface area contributed by atoms with E-state index in [4.69, 9.17) is 22.4 Å². The molecule has 0 aliphatic heterocycles. The van der Waals surface area contributed by atoms with E-state index < -0.39 is 5.97 Å². The standard InChI is InChI=1S/C8H10ClNO2S/c9-7-2-1-6(13-7)3-5(10)4-8(11)12/h1-2,5H,3-4,10H2,(H,11,12). The Kier molecular flexibility index (Phi) is 3.71. The van der Waals surface area contributed by atoms with Gasteiger partial charge in [-0.2, -0.15) is 0 Å². The molecule has 3 N–H and O–H groups in total. The Hall–Kier alpha value is -0.580. The highest BCUT2D eigenvalue weighted by atomic mass is 35.5. The number of carboxylic acids is 1. The van der Waals surface area contributed by atoms with Gasteiger partial charge in [-0.05, 0) is 18.6 Å². The van der Waals surface area contributed by atoms with E-state index in [1.54, 1.807) is 6.07 Å². The largest absolute Gasteiger partial charge is 0.481 e. The van der Waals surface area contributed by atoms with Crippen molar-refractivity contribution in [1.82, 2.24) is 0 Å². The average molecular weight is 220 g/mol. The molecule has 0 aliphatic rings. The minimum atomic E-state index is -0.866. The summed E-state index contributed by atoms with van der Waals surface area (Å²) in [6, 6.07) is 3.33. The number of rotatable bonds is 4. The van der Waals surface area contributed by atoms with Crippen molar-refractivity contribution in [3.63, 3.8) is 0 Å². The van der Waals surface area contributed by atoms with Gasteiger partial charge in [0.05, 0.1) is 10.8 Å². The van der Waals surface area contributed by atoms with E-state index in [2.05, 4.69) is 0 Å². The predicted octanol–water partition coefficient (Wildman–Crippen LogP) is 1.75. The van der Waals surface area contributed by atoms with Gasteiger partial charge in [0.15, 0.2) is 0 Å². The van der Waals surface area contributed by atoms with Crippen LogP contribution < -0.4 is 5.73 Å². The minimum absolute atomic E-state index is 0.00445. The highest BCUT2D eigenvalue weighted by Gasteiger charge is 2.09. The monoisotopic (exact) mass is 219 g/mol. The summed E-state index contributed by atoms with van der Waals surface area (Å²) < 4.78 is 0.706. The fourth-order valence-corrected chi connectivity index (χ4v) is 2.20. The molecule has 0 fully saturated rings. The molecule has 1 aromatic heterocycles. The van der Waals surface area contributed by atoms with Crippen LogP contribution in [0.4, 0.5) is 0 Å². The Morgan fingerprint density at radius 3 is 2.85 bits per heavy atom. The van der Waals surface area contributed by atoms with Crippen LogP contribution in [0.2, 0.25) is 4.34 Å². The van der Waals surface area contributed by atoms with Crippen molar-refractivity contribution < 1.29 is 9.90 Å². The van der Waals surface area contributed by atoms with Gasteiger partial charge in [-0.3, -0.25) is 4.79 Å². The van der Waals surface area contributed by atoms with E-state index in [9.17, 15) is 4.79 Å². The van der Waals surface area contributed by atoms with E-state index in [-0.39, 0.29) is 12.5 Å². The molecule has 0 aliphatic carbocycles. The maximum Gasteiger partial charge on any atom is 0.304 e. The van der Waals surface area contributed by atoms with Crippen molar-refractivity contribution >= 4 is 28.9 Å². The first-order valence-electron chi connectivity index (χ1n) is 3.79. The second kappa shape index (κ2) is 4.60. The molecule has 0 saturated carbocycles. The summed E-state index contributed by atoms with van der Waals surface area (Å²) in [5.74, 6) is -0.866. The quantitative estimate of drug-likeness (QED) is 0.811. The number of hydrogen-bond acceptors (Lipinski definition) is 3. The molecule has 1 atom stereocenters. The van der Waals surface area contributed by atoms with Crippen LogP contribution in [0, 0.1) is 0 Å². The second-order valence-corrected chi connectivity index (χ2v) is 4.57. The Morgan fingerprint density at radius 1 is 1.69 bits per heavy atom. The Morgan fingerprint density at radius 2 is 2.38 bits per heavy atom. The summed E-state index contributed by atoms with van der Waals surface area (Å²) >= 11 is 7.15. The Balaban J connectivity index is 2.44. The third-order valence-corrected chi connectivity index (χ3v) is 2.78. The zero-order valence-electron chi connectivity index (χ0n) is 6.87. The lowest BCUT2D eigenvalue weighted by molar-refractivity contribution is -0.137. The van der Waals surface area contributed by atoms with Gasteiger partial charge in [-0.15, -0.1) is 11.3 Å². The third kappa shape index (κ3) is 3.76. The predicted molar refractivity (Wildman–Crippen MR) is 53.3 cm³/mol. The molecule has 72 valence electrons. The normalized spacial score (nSPS) is 12.8. The van der Waals surface area contributed by atoms with Gasteiger partial charge in [-0.1, -0.05) is 11.6 Å². The van der Waals surface area contributed by atoms with Gasteiger partial charge >= 0.3 is 5.97 Å². The number of carbonyl (C=O) groups is 1. The van der Waals surface area contributed by atoms with Gasteiger partial charge in [0.2, 0.25) is 0 Å². The molecule has 1 rings (SSSR count). The van der Waals surface area contributed by atoms with E-state index >= 15 is 0 Å². The maximum absolute atomic E-state index is 10.3. The maximum atomic E-state index is 10.3. The first-order chi connectivity index (χ1) is 6.08. The SMILES string of the molecule is NC(CC(=O)O)Cc1ccc(Cl)s1. The highest BCUT2D eigenvalue weighted by molar-refractivity contribution is 7.16. The number of aliphatic carboxylic acids is 1. The number of nitrogens with two attached hydrogens (primary N) is 1. The molecule has 0 spiro atoms. The lowest BCUT2D eigenvalue weighted by Crippen LogP contribution is -2.25. The van der Waals surface area contributed by atoms with Crippen molar-refractivity contribution in [2.45, 2.75) is 18.9 Å². The fraction of sp³-hybridized carbons (Fsp3) is 0.375. The molecule has 0 radical (unpaired) electrons. The van der Waals surface area contributed by atoms with Crippen LogP contribution in [-0.4, -0.2) is 17.1 Å². The van der Waals surface area contributed by atoms with Crippen LogP contribution in [0.25, 0.3) is 0 Å². The van der Waals surface area contributed by atoms with Crippen LogP contribution in [0.3, 0.4) is 0 Å². The van der Waals surface area contributed by atoms with Crippen LogP contribution in [-0.2, 0) is 11.2 Å². The molecule has 1 aromatic rings. The molecule has 1 unspecified atom stereocenters. The first kappa shape index (κ1) is 10.5. The van der Waals surface area contributed by atoms with Gasteiger partial charge in [0.25, 0.3) is 0 Å². The van der Waals surface area contributed by atoms with Crippen molar-refractivity contribution in [3.05, 3.63) is 21.3 Å². The fourth-order valence-electron chi connectivity index (χ4n) is 1.02. The van der Waals surface area contributed by atoms with Gasteiger partial charge < -0.3 is 10.8 Å². The van der Waals surface area contributed by atoms with Crippen molar-refractivity contribution in [3.8, 4) is 0 Å².